The summed E-state index contributed by atoms with van der Waals surface area (Å²) in [4.78, 5) is 30.2. The summed E-state index contributed by atoms with van der Waals surface area (Å²) in [5.74, 6) is 0.957. The summed E-state index contributed by atoms with van der Waals surface area (Å²) in [6, 6.07) is 9.90. The fourth-order valence-electron chi connectivity index (χ4n) is 5.13. The van der Waals surface area contributed by atoms with Crippen molar-refractivity contribution in [3.05, 3.63) is 48.4 Å². The van der Waals surface area contributed by atoms with Crippen LogP contribution in [0, 0.1) is 0 Å². The number of methoxy groups -OCH3 is 1. The Bertz CT molecular complexity index is 1180. The largest absolute Gasteiger partial charge is 0.497 e. The van der Waals surface area contributed by atoms with Crippen LogP contribution in [0.2, 0.25) is 0 Å². The molecule has 0 radical (unpaired) electrons. The molecule has 11 nitrogen and oxygen atoms in total. The average molecular weight is 523 g/mol. The predicted octanol–water partition coefficient (Wildman–Crippen LogP) is 3.14. The molecule has 2 aliphatic rings. The summed E-state index contributed by atoms with van der Waals surface area (Å²) in [6.07, 6.45) is 8.33. The van der Waals surface area contributed by atoms with Crippen LogP contribution in [0.1, 0.15) is 56.7 Å². The molecule has 1 saturated carbocycles. The molecule has 1 N–H and O–H groups in total. The van der Waals surface area contributed by atoms with Crippen molar-refractivity contribution >= 4 is 11.8 Å². The van der Waals surface area contributed by atoms with Gasteiger partial charge in [-0.25, -0.2) is 0 Å². The van der Waals surface area contributed by atoms with Gasteiger partial charge < -0.3 is 24.1 Å². The van der Waals surface area contributed by atoms with Crippen molar-refractivity contribution in [2.45, 2.75) is 69.7 Å². The van der Waals surface area contributed by atoms with E-state index in [9.17, 15) is 9.59 Å². The van der Waals surface area contributed by atoms with Crippen molar-refractivity contribution in [2.24, 2.45) is 0 Å². The molecule has 2 atom stereocenters. The summed E-state index contributed by atoms with van der Waals surface area (Å²) < 4.78 is 16.7. The van der Waals surface area contributed by atoms with Gasteiger partial charge in [0, 0.05) is 24.8 Å². The maximum atomic E-state index is 13.8. The van der Waals surface area contributed by atoms with Crippen LogP contribution in [0.3, 0.4) is 0 Å². The molecule has 1 aromatic carbocycles. The van der Waals surface area contributed by atoms with E-state index in [4.69, 9.17) is 13.9 Å². The fraction of sp³-hybridized carbons (Fsp3) is 0.519. The minimum Gasteiger partial charge on any atom is -0.497 e. The van der Waals surface area contributed by atoms with E-state index in [1.54, 1.807) is 24.1 Å². The summed E-state index contributed by atoms with van der Waals surface area (Å²) in [5.41, 5.74) is 0.751. The Balaban J connectivity index is 1.37. The lowest BCUT2D eigenvalue weighted by molar-refractivity contribution is -0.144. The molecule has 1 saturated heterocycles. The first kappa shape index (κ1) is 25.9. The van der Waals surface area contributed by atoms with Crippen LogP contribution in [0.4, 0.5) is 0 Å². The number of ether oxygens (including phenoxy) is 2. The Kier molecular flexibility index (Phi) is 8.32. The molecule has 202 valence electrons. The number of hydrogen-bond donors (Lipinski definition) is 1. The molecule has 11 heteroatoms. The highest BCUT2D eigenvalue weighted by atomic mass is 16.5. The zero-order valence-corrected chi connectivity index (χ0v) is 21.6. The number of carbonyl (C=O) groups is 2. The molecule has 0 spiro atoms. The van der Waals surface area contributed by atoms with E-state index >= 15 is 0 Å². The fourth-order valence-corrected chi connectivity index (χ4v) is 5.13. The minimum absolute atomic E-state index is 0.0948. The average Bonchev–Trinajstić information content (AvgIpc) is 3.73. The number of carbonyl (C=O) groups excluding carboxylic acids is 2. The Morgan fingerprint density at radius 3 is 2.63 bits per heavy atom. The van der Waals surface area contributed by atoms with Crippen molar-refractivity contribution in [1.82, 2.24) is 30.4 Å². The van der Waals surface area contributed by atoms with Crippen LogP contribution < -0.4 is 10.1 Å². The first-order chi connectivity index (χ1) is 18.6. The van der Waals surface area contributed by atoms with Gasteiger partial charge in [0.1, 0.15) is 18.1 Å². The summed E-state index contributed by atoms with van der Waals surface area (Å²) in [6.45, 7) is 0.731. The number of rotatable bonds is 10. The number of benzene rings is 1. The number of nitrogens with zero attached hydrogens (tertiary/aromatic N) is 5. The highest BCUT2D eigenvalue weighted by Crippen LogP contribution is 2.27. The molecule has 5 rings (SSSR count). The molecular formula is C27H34N6O5. The van der Waals surface area contributed by atoms with Crippen molar-refractivity contribution < 1.29 is 23.5 Å². The third kappa shape index (κ3) is 6.21. The van der Waals surface area contributed by atoms with Crippen LogP contribution >= 0.6 is 0 Å². The molecule has 2 fully saturated rings. The number of tetrazole rings is 1. The van der Waals surface area contributed by atoms with Crippen molar-refractivity contribution in [2.75, 3.05) is 20.3 Å². The molecule has 1 aliphatic carbocycles. The lowest BCUT2D eigenvalue weighted by atomic mass is 9.95. The molecular weight excluding hydrogens is 488 g/mol. The smallest absolute Gasteiger partial charge is 0.250 e. The highest BCUT2D eigenvalue weighted by molar-refractivity contribution is 5.88. The van der Waals surface area contributed by atoms with Gasteiger partial charge in [-0.1, -0.05) is 19.3 Å². The van der Waals surface area contributed by atoms with Crippen molar-refractivity contribution in [3.8, 4) is 17.1 Å². The van der Waals surface area contributed by atoms with Crippen LogP contribution in [0.15, 0.2) is 47.1 Å². The molecule has 0 unspecified atom stereocenters. The van der Waals surface area contributed by atoms with E-state index in [2.05, 4.69) is 20.7 Å². The van der Waals surface area contributed by atoms with Gasteiger partial charge >= 0.3 is 0 Å². The molecule has 38 heavy (non-hydrogen) atoms. The lowest BCUT2D eigenvalue weighted by Gasteiger charge is -2.33. The zero-order valence-electron chi connectivity index (χ0n) is 21.6. The maximum absolute atomic E-state index is 13.8. The van der Waals surface area contributed by atoms with Gasteiger partial charge in [-0.2, -0.15) is 4.80 Å². The second-order valence-corrected chi connectivity index (χ2v) is 9.81. The molecule has 2 aromatic heterocycles. The Hall–Kier alpha value is -3.73. The van der Waals surface area contributed by atoms with E-state index in [-0.39, 0.29) is 37.0 Å². The van der Waals surface area contributed by atoms with E-state index < -0.39 is 6.04 Å². The Morgan fingerprint density at radius 2 is 1.95 bits per heavy atom. The van der Waals surface area contributed by atoms with Crippen LogP contribution in [0.5, 0.6) is 5.75 Å². The van der Waals surface area contributed by atoms with Gasteiger partial charge in [-0.05, 0) is 67.3 Å². The normalized spacial score (nSPS) is 18.7. The van der Waals surface area contributed by atoms with Gasteiger partial charge in [0.25, 0.3) is 5.91 Å². The summed E-state index contributed by atoms with van der Waals surface area (Å²) in [7, 11) is 1.60. The van der Waals surface area contributed by atoms with Crippen LogP contribution in [-0.4, -0.2) is 69.3 Å². The van der Waals surface area contributed by atoms with Gasteiger partial charge in [-0.15, -0.1) is 10.2 Å². The van der Waals surface area contributed by atoms with Gasteiger partial charge in [0.05, 0.1) is 19.5 Å². The number of hydrogen-bond acceptors (Lipinski definition) is 8. The maximum Gasteiger partial charge on any atom is 0.250 e. The Labute approximate surface area is 221 Å². The van der Waals surface area contributed by atoms with E-state index in [0.29, 0.717) is 18.2 Å². The zero-order chi connectivity index (χ0) is 26.3. The predicted molar refractivity (Wildman–Crippen MR) is 137 cm³/mol. The quantitative estimate of drug-likeness (QED) is 0.431. The van der Waals surface area contributed by atoms with E-state index in [0.717, 1.165) is 49.8 Å². The van der Waals surface area contributed by atoms with Crippen LogP contribution in [0.25, 0.3) is 11.4 Å². The number of nitrogens with one attached hydrogen (secondary N) is 1. The van der Waals surface area contributed by atoms with Crippen molar-refractivity contribution in [1.29, 1.82) is 0 Å². The minimum atomic E-state index is -0.923. The first-order valence-corrected chi connectivity index (χ1v) is 13.3. The standard InChI is InChI=1S/C27H34N6O5/c1-36-21-13-11-19(12-14-21)26-29-31-33(30-26)18-24(34)32(17-22-9-5-15-37-22)25(23-10-6-16-38-23)27(35)28-20-7-3-2-4-8-20/h6,10-14,16,20,22,25H,2-5,7-9,15,17-18H2,1H3,(H,28,35)/t22-,25-/m0/s1. The van der Waals surface area contributed by atoms with E-state index in [1.807, 2.05) is 24.3 Å². The van der Waals surface area contributed by atoms with E-state index in [1.165, 1.54) is 17.5 Å². The third-order valence-electron chi connectivity index (χ3n) is 7.15. The molecule has 3 aromatic rings. The summed E-state index contributed by atoms with van der Waals surface area (Å²) in [5, 5.41) is 15.8. The molecule has 0 bridgehead atoms. The molecule has 3 heterocycles. The third-order valence-corrected chi connectivity index (χ3v) is 7.15. The first-order valence-electron chi connectivity index (χ1n) is 13.3. The van der Waals surface area contributed by atoms with Gasteiger partial charge in [0.2, 0.25) is 11.7 Å². The second kappa shape index (κ2) is 12.2. The number of aromatic nitrogens is 4. The van der Waals surface area contributed by atoms with Crippen molar-refractivity contribution in [3.63, 3.8) is 0 Å². The molecule has 2 amide bonds. The topological polar surface area (TPSA) is 125 Å². The monoisotopic (exact) mass is 522 g/mol. The number of amides is 2. The number of furan rings is 1. The SMILES string of the molecule is COc1ccc(-c2nnn(CC(=O)N(C[C@@H]3CCCO3)[C@H](C(=O)NC3CCCCC3)c3ccco3)n2)cc1. The van der Waals surface area contributed by atoms with Gasteiger partial charge in [-0.3, -0.25) is 9.59 Å². The highest BCUT2D eigenvalue weighted by Gasteiger charge is 2.37. The summed E-state index contributed by atoms with van der Waals surface area (Å²) >= 11 is 0. The van der Waals surface area contributed by atoms with Crippen LogP contribution in [-0.2, 0) is 20.9 Å². The second-order valence-electron chi connectivity index (χ2n) is 9.81. The van der Waals surface area contributed by atoms with Gasteiger partial charge in [0.15, 0.2) is 6.04 Å². The molecule has 1 aliphatic heterocycles. The Morgan fingerprint density at radius 1 is 1.13 bits per heavy atom. The lowest BCUT2D eigenvalue weighted by Crippen LogP contribution is -2.49.